The predicted octanol–water partition coefficient (Wildman–Crippen LogP) is 6.46. The Kier molecular flexibility index (Phi) is 13.0. The molecule has 3 amide bonds. The number of carbonyl (C=O) groups is 4. The molecule has 2 aromatic carbocycles. The molecule has 288 valence electrons. The van der Waals surface area contributed by atoms with Crippen molar-refractivity contribution in [3.63, 3.8) is 0 Å². The molecule has 4 unspecified atom stereocenters. The van der Waals surface area contributed by atoms with E-state index in [1.165, 1.54) is 30.6 Å². The Morgan fingerprint density at radius 1 is 1.02 bits per heavy atom. The number of ether oxygens (including phenoxy) is 2. The van der Waals surface area contributed by atoms with Gasteiger partial charge in [0, 0.05) is 57.7 Å². The van der Waals surface area contributed by atoms with Crippen molar-refractivity contribution in [2.75, 3.05) is 26.2 Å². The number of likely N-dealkylation sites (tertiary alicyclic amines) is 1. The highest BCUT2D eigenvalue weighted by atomic mass is 19.1. The summed E-state index contributed by atoms with van der Waals surface area (Å²) >= 11 is 0. The number of amides is 3. The molecule has 0 bridgehead atoms. The van der Waals surface area contributed by atoms with Crippen LogP contribution in [0.2, 0.25) is 0 Å². The molecule has 1 fully saturated rings. The van der Waals surface area contributed by atoms with Crippen LogP contribution in [0.5, 0.6) is 0 Å². The molecule has 2 heterocycles. The zero-order valence-electron chi connectivity index (χ0n) is 31.6. The van der Waals surface area contributed by atoms with E-state index in [1.807, 2.05) is 44.2 Å². The maximum Gasteiger partial charge on any atom is 0.410 e. The van der Waals surface area contributed by atoms with Crippen LogP contribution in [0.1, 0.15) is 79.2 Å². The highest BCUT2D eigenvalue weighted by Crippen LogP contribution is 2.43. The van der Waals surface area contributed by atoms with E-state index in [-0.39, 0.29) is 55.7 Å². The molecule has 53 heavy (non-hydrogen) atoms. The summed E-state index contributed by atoms with van der Waals surface area (Å²) in [6, 6.07) is 11.3. The molecule has 0 aliphatic carbocycles. The van der Waals surface area contributed by atoms with Gasteiger partial charge in [-0.25, -0.2) is 22.9 Å². The number of imidazole rings is 1. The van der Waals surface area contributed by atoms with E-state index < -0.39 is 64.9 Å². The lowest BCUT2D eigenvalue weighted by Crippen LogP contribution is -2.51. The average Bonchev–Trinajstić information content (AvgIpc) is 3.63. The van der Waals surface area contributed by atoms with Gasteiger partial charge in [0.25, 0.3) is 5.91 Å². The lowest BCUT2D eigenvalue weighted by Gasteiger charge is -2.43. The summed E-state index contributed by atoms with van der Waals surface area (Å²) in [5, 5.41) is 2.79. The van der Waals surface area contributed by atoms with Gasteiger partial charge in [0.15, 0.2) is 6.10 Å². The molecule has 11 nitrogen and oxygen atoms in total. The smallest absolute Gasteiger partial charge is 0.410 e. The second-order valence-corrected chi connectivity index (χ2v) is 15.2. The normalized spacial score (nSPS) is 17.2. The third-order valence-corrected chi connectivity index (χ3v) is 9.06. The van der Waals surface area contributed by atoms with Crippen LogP contribution in [-0.4, -0.2) is 87.3 Å². The number of halogens is 3. The first kappa shape index (κ1) is 40.9. The molecule has 0 spiro atoms. The number of nitrogens with zero attached hydrogens (tertiary/aromatic N) is 4. The monoisotopic (exact) mass is 741 g/mol. The van der Waals surface area contributed by atoms with E-state index in [0.717, 1.165) is 23.8 Å². The van der Waals surface area contributed by atoms with Crippen molar-refractivity contribution in [1.29, 1.82) is 0 Å². The first-order valence-electron chi connectivity index (χ1n) is 17.7. The highest BCUT2D eigenvalue weighted by Gasteiger charge is 2.46. The van der Waals surface area contributed by atoms with Gasteiger partial charge in [-0.05, 0) is 63.3 Å². The zero-order valence-corrected chi connectivity index (χ0v) is 31.6. The summed E-state index contributed by atoms with van der Waals surface area (Å²) in [5.41, 5.74) is -0.935. The number of alkyl halides is 1. The number of aromatic nitrogens is 2. The number of hydrogen-bond donors (Lipinski definition) is 1. The minimum absolute atomic E-state index is 0.0704. The van der Waals surface area contributed by atoms with Crippen LogP contribution < -0.4 is 5.32 Å². The van der Waals surface area contributed by atoms with Crippen LogP contribution in [0, 0.1) is 23.0 Å². The van der Waals surface area contributed by atoms with Gasteiger partial charge in [-0.1, -0.05) is 44.2 Å². The van der Waals surface area contributed by atoms with E-state index >= 15 is 8.78 Å². The van der Waals surface area contributed by atoms with E-state index in [9.17, 15) is 23.6 Å². The molecule has 0 radical (unpaired) electrons. The Balaban J connectivity index is 1.92. The topological polar surface area (TPSA) is 123 Å². The molecular weight excluding hydrogens is 691 g/mol. The van der Waals surface area contributed by atoms with Crippen LogP contribution in [0.15, 0.2) is 54.7 Å². The van der Waals surface area contributed by atoms with Crippen LogP contribution in [0.25, 0.3) is 11.3 Å². The molecule has 1 N–H and O–H groups in total. The van der Waals surface area contributed by atoms with E-state index in [1.54, 1.807) is 31.5 Å². The maximum atomic E-state index is 16.0. The molecule has 1 saturated heterocycles. The van der Waals surface area contributed by atoms with Gasteiger partial charge in [0.05, 0.1) is 18.3 Å². The zero-order chi connectivity index (χ0) is 39.2. The molecule has 1 aliphatic rings. The van der Waals surface area contributed by atoms with Crippen molar-refractivity contribution >= 4 is 23.9 Å². The van der Waals surface area contributed by atoms with Crippen LogP contribution in [0.3, 0.4) is 0 Å². The second kappa shape index (κ2) is 16.9. The van der Waals surface area contributed by atoms with Crippen molar-refractivity contribution in [3.8, 4) is 11.3 Å². The van der Waals surface area contributed by atoms with Gasteiger partial charge < -0.3 is 29.2 Å². The number of hydrogen-bond acceptors (Lipinski definition) is 7. The van der Waals surface area contributed by atoms with Gasteiger partial charge in [0.1, 0.15) is 29.2 Å². The molecular formula is C39H50F3N5O6. The minimum Gasteiger partial charge on any atom is -0.453 e. The van der Waals surface area contributed by atoms with E-state index in [2.05, 4.69) is 5.32 Å². The summed E-state index contributed by atoms with van der Waals surface area (Å²) in [6.07, 6.45) is -1.68. The van der Waals surface area contributed by atoms with Gasteiger partial charge in [0.2, 0.25) is 5.91 Å². The quantitative estimate of drug-likeness (QED) is 0.200. The van der Waals surface area contributed by atoms with E-state index in [4.69, 9.17) is 14.5 Å². The summed E-state index contributed by atoms with van der Waals surface area (Å²) < 4.78 is 58.4. The third-order valence-electron chi connectivity index (χ3n) is 9.06. The molecule has 4 atom stereocenters. The Bertz CT molecular complexity index is 1780. The van der Waals surface area contributed by atoms with Crippen molar-refractivity contribution in [3.05, 3.63) is 77.8 Å². The number of esters is 1. The summed E-state index contributed by atoms with van der Waals surface area (Å²) in [6.45, 7) is 12.6. The van der Waals surface area contributed by atoms with Gasteiger partial charge >= 0.3 is 12.1 Å². The molecule has 14 heteroatoms. The summed E-state index contributed by atoms with van der Waals surface area (Å²) in [5.74, 6) is -3.64. The highest BCUT2D eigenvalue weighted by molar-refractivity contribution is 5.83. The SMILES string of the molecule is CC(=O)NCCC(C)(C)C(c1nc(-c2cc(F)ccc2F)cn1Cc1ccccc1)N(CC1CN(C(=O)OC(C)(C)C)CC1F)C(=O)C(C)OC(C)=O. The van der Waals surface area contributed by atoms with Crippen LogP contribution >= 0.6 is 0 Å². The van der Waals surface area contributed by atoms with Crippen molar-refractivity contribution in [1.82, 2.24) is 24.7 Å². The Morgan fingerprint density at radius 3 is 2.32 bits per heavy atom. The second-order valence-electron chi connectivity index (χ2n) is 15.2. The molecule has 4 rings (SSSR count). The van der Waals surface area contributed by atoms with Crippen molar-refractivity contribution in [2.24, 2.45) is 11.3 Å². The van der Waals surface area contributed by atoms with Crippen LogP contribution in [0.4, 0.5) is 18.0 Å². The summed E-state index contributed by atoms with van der Waals surface area (Å²) in [4.78, 5) is 59.1. The van der Waals surface area contributed by atoms with Crippen molar-refractivity contribution in [2.45, 2.75) is 92.3 Å². The molecule has 1 aromatic heterocycles. The molecule has 3 aromatic rings. The lowest BCUT2D eigenvalue weighted by molar-refractivity contribution is -0.161. The Morgan fingerprint density at radius 2 is 1.70 bits per heavy atom. The first-order valence-corrected chi connectivity index (χ1v) is 17.7. The minimum atomic E-state index is -1.55. The van der Waals surface area contributed by atoms with Crippen LogP contribution in [-0.2, 0) is 30.4 Å². The first-order chi connectivity index (χ1) is 24.8. The Labute approximate surface area is 308 Å². The maximum absolute atomic E-state index is 16.0. The molecule has 1 aliphatic heterocycles. The van der Waals surface area contributed by atoms with Gasteiger partial charge in [-0.2, -0.15) is 0 Å². The fourth-order valence-corrected chi connectivity index (χ4v) is 6.57. The van der Waals surface area contributed by atoms with Gasteiger partial charge in [-0.15, -0.1) is 0 Å². The average molecular weight is 742 g/mol. The molecule has 0 saturated carbocycles. The fourth-order valence-electron chi connectivity index (χ4n) is 6.57. The standard InChI is InChI=1S/C39H50F3N5O6/c1-24(52-26(3)49)36(50)47(21-28-20-46(22-32(28)42)37(51)53-38(4,5)6)34(39(7,8)16-17-43-25(2)48)35-44-33(30-18-29(40)14-15-31(30)41)23-45(35)19-27-12-10-9-11-13-27/h9-15,18,23-24,28,32,34H,16-17,19-22H2,1-8H3,(H,43,48). The number of nitrogens with one attached hydrogen (secondary N) is 1. The number of benzene rings is 2. The third kappa shape index (κ3) is 10.8. The van der Waals surface area contributed by atoms with E-state index in [0.29, 0.717) is 6.42 Å². The van der Waals surface area contributed by atoms with Gasteiger partial charge in [-0.3, -0.25) is 14.4 Å². The van der Waals surface area contributed by atoms with Crippen molar-refractivity contribution < 1.29 is 41.8 Å². The summed E-state index contributed by atoms with van der Waals surface area (Å²) in [7, 11) is 0. The lowest BCUT2D eigenvalue weighted by atomic mass is 9.78. The fraction of sp³-hybridized carbons (Fsp3) is 0.513. The Hall–Kier alpha value is -4.88. The number of carbonyl (C=O) groups excluding carboxylic acids is 4. The predicted molar refractivity (Wildman–Crippen MR) is 192 cm³/mol. The number of rotatable bonds is 13. The largest absolute Gasteiger partial charge is 0.453 e.